The number of halogens is 1. The van der Waals surface area contributed by atoms with Crippen LogP contribution in [0.5, 0.6) is 0 Å². The Morgan fingerprint density at radius 1 is 0.875 bits per heavy atom. The van der Waals surface area contributed by atoms with Crippen molar-refractivity contribution < 1.29 is 18.6 Å². The van der Waals surface area contributed by atoms with E-state index in [2.05, 4.69) is 30.8 Å². The molecule has 24 heavy (non-hydrogen) atoms. The smallest absolute Gasteiger partial charge is 0.261 e. The first-order valence-corrected chi connectivity index (χ1v) is 8.13. The van der Waals surface area contributed by atoms with Crippen molar-refractivity contribution in [3.63, 3.8) is 0 Å². The van der Waals surface area contributed by atoms with Gasteiger partial charge < -0.3 is 9.05 Å². The summed E-state index contributed by atoms with van der Waals surface area (Å²) in [6, 6.07) is 10.2. The zero-order valence-electron chi connectivity index (χ0n) is 12.4. The Balaban J connectivity index is 0.000000203. The van der Waals surface area contributed by atoms with Crippen LogP contribution in [0.3, 0.4) is 0 Å². The minimum atomic E-state index is -0.290. The molecule has 0 saturated carbocycles. The average Bonchev–Trinajstić information content (AvgIpc) is 3.35. The van der Waals surface area contributed by atoms with Crippen molar-refractivity contribution in [2.45, 2.75) is 11.9 Å². The summed E-state index contributed by atoms with van der Waals surface area (Å²) in [5.41, 5.74) is 0.883. The van der Waals surface area contributed by atoms with Crippen LogP contribution in [0.1, 0.15) is 32.2 Å². The fourth-order valence-corrected chi connectivity index (χ4v) is 2.46. The first-order chi connectivity index (χ1) is 11.7. The Morgan fingerprint density at radius 2 is 1.42 bits per heavy atom. The van der Waals surface area contributed by atoms with E-state index in [1.54, 1.807) is 36.5 Å². The number of nitrogens with zero attached hydrogens (tertiary/aromatic N) is 3. The van der Waals surface area contributed by atoms with E-state index in [4.69, 9.17) is 4.52 Å². The third-order valence-corrected chi connectivity index (χ3v) is 3.86. The molecule has 0 aliphatic carbocycles. The van der Waals surface area contributed by atoms with Crippen molar-refractivity contribution >= 4 is 27.7 Å². The highest BCUT2D eigenvalue weighted by molar-refractivity contribution is 9.08. The van der Waals surface area contributed by atoms with Gasteiger partial charge in [0, 0.05) is 12.1 Å². The number of imide groups is 1. The summed E-state index contributed by atoms with van der Waals surface area (Å²) in [6.45, 7) is 0.117. The molecule has 2 amide bonds. The fourth-order valence-electron chi connectivity index (χ4n) is 2.17. The van der Waals surface area contributed by atoms with Crippen LogP contribution in [0.2, 0.25) is 0 Å². The van der Waals surface area contributed by atoms with E-state index in [0.717, 1.165) is 16.0 Å². The minimum Gasteiger partial charge on any atom is -0.361 e. The van der Waals surface area contributed by atoms with E-state index in [9.17, 15) is 9.59 Å². The molecule has 0 saturated heterocycles. The highest BCUT2D eigenvalue weighted by Crippen LogP contribution is 2.23. The van der Waals surface area contributed by atoms with Crippen LogP contribution in [0.25, 0.3) is 0 Å². The number of carbonyl (C=O) groups is 2. The molecule has 7 nitrogen and oxygen atoms in total. The van der Waals surface area contributed by atoms with Gasteiger partial charge >= 0.3 is 0 Å². The number of rotatable bonds is 3. The van der Waals surface area contributed by atoms with E-state index in [1.165, 1.54) is 6.20 Å². The number of benzene rings is 1. The van der Waals surface area contributed by atoms with Gasteiger partial charge in [-0.1, -0.05) is 38.4 Å². The predicted octanol–water partition coefficient (Wildman–Crippen LogP) is 3.04. The summed E-state index contributed by atoms with van der Waals surface area (Å²) in [4.78, 5) is 25.1. The highest BCUT2D eigenvalue weighted by Gasteiger charge is 2.35. The maximum atomic E-state index is 12.0. The number of aromatic nitrogens is 2. The molecule has 1 aliphatic heterocycles. The van der Waals surface area contributed by atoms with Crippen LogP contribution in [-0.2, 0) is 11.9 Å². The number of fused-ring (bicyclic) bond motifs is 1. The molecule has 0 bridgehead atoms. The molecular formula is C16H12BrN3O4. The third-order valence-electron chi connectivity index (χ3n) is 3.31. The Morgan fingerprint density at radius 3 is 1.83 bits per heavy atom. The Kier molecular flexibility index (Phi) is 4.85. The van der Waals surface area contributed by atoms with Gasteiger partial charge in [0.2, 0.25) is 0 Å². The fraction of sp³-hybridized carbons (Fsp3) is 0.125. The molecule has 4 rings (SSSR count). The van der Waals surface area contributed by atoms with Crippen LogP contribution in [-0.4, -0.2) is 27.0 Å². The second-order valence-corrected chi connectivity index (χ2v) is 5.39. The lowest BCUT2D eigenvalue weighted by Crippen LogP contribution is -2.28. The predicted molar refractivity (Wildman–Crippen MR) is 86.3 cm³/mol. The lowest BCUT2D eigenvalue weighted by atomic mass is 10.1. The molecule has 3 aromatic rings. The number of alkyl halides is 1. The SMILES string of the molecule is BrCc1ccno1.O=C1c2ccccc2C(=O)N1Cc1ccno1. The van der Waals surface area contributed by atoms with Crippen molar-refractivity contribution in [1.82, 2.24) is 15.2 Å². The first-order valence-electron chi connectivity index (χ1n) is 7.01. The number of amides is 2. The van der Waals surface area contributed by atoms with E-state index in [-0.39, 0.29) is 18.4 Å². The molecule has 2 aromatic heterocycles. The Hall–Kier alpha value is -2.74. The van der Waals surface area contributed by atoms with Crippen LogP contribution < -0.4 is 0 Å². The van der Waals surface area contributed by atoms with Gasteiger partial charge in [-0.25, -0.2) is 0 Å². The second kappa shape index (κ2) is 7.22. The monoisotopic (exact) mass is 389 g/mol. The molecular weight excluding hydrogens is 378 g/mol. The van der Waals surface area contributed by atoms with Crippen molar-refractivity contribution in [3.8, 4) is 0 Å². The van der Waals surface area contributed by atoms with Gasteiger partial charge in [-0.2, -0.15) is 0 Å². The molecule has 0 unspecified atom stereocenters. The summed E-state index contributed by atoms with van der Waals surface area (Å²) < 4.78 is 9.58. The Labute approximate surface area is 145 Å². The van der Waals surface area contributed by atoms with Crippen molar-refractivity contribution in [1.29, 1.82) is 0 Å². The summed E-state index contributed by atoms with van der Waals surface area (Å²) in [5, 5.41) is 7.77. The zero-order valence-corrected chi connectivity index (χ0v) is 14.0. The maximum absolute atomic E-state index is 12.0. The van der Waals surface area contributed by atoms with Crippen LogP contribution in [0.4, 0.5) is 0 Å². The van der Waals surface area contributed by atoms with Gasteiger partial charge in [0.1, 0.15) is 5.76 Å². The van der Waals surface area contributed by atoms with Crippen LogP contribution in [0.15, 0.2) is 57.8 Å². The highest BCUT2D eigenvalue weighted by atomic mass is 79.9. The Bertz CT molecular complexity index is 796. The van der Waals surface area contributed by atoms with Gasteiger partial charge in [0.05, 0.1) is 35.4 Å². The molecule has 122 valence electrons. The topological polar surface area (TPSA) is 89.4 Å². The first kappa shape index (κ1) is 16.1. The standard InChI is InChI=1S/C12H8N2O3.C4H4BrNO/c15-11-9-3-1-2-4-10(9)12(16)14(11)7-8-5-6-13-17-8;5-3-4-1-2-6-7-4/h1-6H,7H2;1-2H,3H2. The van der Waals surface area contributed by atoms with E-state index in [1.807, 2.05) is 6.07 Å². The number of carbonyl (C=O) groups excluding carboxylic acids is 2. The lowest BCUT2D eigenvalue weighted by molar-refractivity contribution is 0.0628. The quantitative estimate of drug-likeness (QED) is 0.505. The second-order valence-electron chi connectivity index (χ2n) is 4.83. The van der Waals surface area contributed by atoms with E-state index in [0.29, 0.717) is 16.9 Å². The van der Waals surface area contributed by atoms with E-state index < -0.39 is 0 Å². The summed E-state index contributed by atoms with van der Waals surface area (Å²) in [5.74, 6) is 0.767. The van der Waals surface area contributed by atoms with Crippen LogP contribution >= 0.6 is 15.9 Å². The largest absolute Gasteiger partial charge is 0.361 e. The average molecular weight is 390 g/mol. The normalized spacial score (nSPS) is 12.8. The van der Waals surface area contributed by atoms with Crippen LogP contribution in [0, 0.1) is 0 Å². The lowest BCUT2D eigenvalue weighted by Gasteiger charge is -2.10. The zero-order chi connectivity index (χ0) is 16.9. The maximum Gasteiger partial charge on any atom is 0.261 e. The van der Waals surface area contributed by atoms with Gasteiger partial charge in [0.25, 0.3) is 11.8 Å². The summed E-state index contributed by atoms with van der Waals surface area (Å²) in [7, 11) is 0. The minimum absolute atomic E-state index is 0.117. The van der Waals surface area contributed by atoms with Gasteiger partial charge in [-0.05, 0) is 12.1 Å². The molecule has 0 fully saturated rings. The summed E-state index contributed by atoms with van der Waals surface area (Å²) in [6.07, 6.45) is 3.10. The molecule has 0 spiro atoms. The molecule has 8 heteroatoms. The van der Waals surface area contributed by atoms with E-state index >= 15 is 0 Å². The molecule has 0 atom stereocenters. The van der Waals surface area contributed by atoms with Crippen molar-refractivity contribution in [2.75, 3.05) is 0 Å². The molecule has 1 aliphatic rings. The van der Waals surface area contributed by atoms with Crippen molar-refractivity contribution in [3.05, 3.63) is 71.4 Å². The van der Waals surface area contributed by atoms with Gasteiger partial charge in [-0.15, -0.1) is 0 Å². The number of hydrogen-bond acceptors (Lipinski definition) is 6. The molecule has 3 heterocycles. The van der Waals surface area contributed by atoms with Crippen molar-refractivity contribution in [2.24, 2.45) is 0 Å². The molecule has 0 N–H and O–H groups in total. The van der Waals surface area contributed by atoms with Gasteiger partial charge in [-0.3, -0.25) is 14.5 Å². The molecule has 0 radical (unpaired) electrons. The van der Waals surface area contributed by atoms with Gasteiger partial charge in [0.15, 0.2) is 5.76 Å². The number of hydrogen-bond donors (Lipinski definition) is 0. The molecule has 1 aromatic carbocycles. The third kappa shape index (κ3) is 3.28. The summed E-state index contributed by atoms with van der Waals surface area (Å²) >= 11 is 3.20.